The predicted molar refractivity (Wildman–Crippen MR) is 103 cm³/mol. The molecular formula is C19H33N3O3. The summed E-state index contributed by atoms with van der Waals surface area (Å²) >= 11 is 0. The highest BCUT2D eigenvalue weighted by molar-refractivity contribution is 5.79. The first-order valence-corrected chi connectivity index (χ1v) is 8.86. The van der Waals surface area contributed by atoms with Crippen molar-refractivity contribution >= 4 is 5.96 Å². The highest BCUT2D eigenvalue weighted by atomic mass is 16.5. The van der Waals surface area contributed by atoms with Gasteiger partial charge in [-0.25, -0.2) is 4.99 Å². The number of rotatable bonds is 10. The molecule has 0 aliphatic carbocycles. The standard InChI is InChI=1S/C19H33N3O3/c1-7-20-19(21-10-8-9-14(2)3)22-13-15-11-17(24-5)18(25-6)12-16(15)23-4/h11-12,14H,7-10,13H2,1-6H3,(H2,20,21,22). The van der Waals surface area contributed by atoms with Crippen LogP contribution in [0.2, 0.25) is 0 Å². The van der Waals surface area contributed by atoms with Gasteiger partial charge in [-0.1, -0.05) is 13.8 Å². The van der Waals surface area contributed by atoms with Gasteiger partial charge >= 0.3 is 0 Å². The topological polar surface area (TPSA) is 64.1 Å². The lowest BCUT2D eigenvalue weighted by Gasteiger charge is -2.15. The van der Waals surface area contributed by atoms with Crippen molar-refractivity contribution in [2.75, 3.05) is 34.4 Å². The molecule has 6 heteroatoms. The van der Waals surface area contributed by atoms with Gasteiger partial charge in [0.2, 0.25) is 0 Å². The summed E-state index contributed by atoms with van der Waals surface area (Å²) in [5.74, 6) is 3.58. The van der Waals surface area contributed by atoms with Crippen LogP contribution in [0.3, 0.4) is 0 Å². The fraction of sp³-hybridized carbons (Fsp3) is 0.632. The molecule has 142 valence electrons. The van der Waals surface area contributed by atoms with Gasteiger partial charge in [0.05, 0.1) is 27.9 Å². The number of guanidine groups is 1. The van der Waals surface area contributed by atoms with Gasteiger partial charge in [0.1, 0.15) is 5.75 Å². The molecule has 2 N–H and O–H groups in total. The van der Waals surface area contributed by atoms with E-state index in [1.165, 1.54) is 6.42 Å². The molecule has 1 rings (SSSR count). The minimum absolute atomic E-state index is 0.489. The van der Waals surface area contributed by atoms with E-state index in [0.29, 0.717) is 18.0 Å². The van der Waals surface area contributed by atoms with Gasteiger partial charge in [0.25, 0.3) is 0 Å². The van der Waals surface area contributed by atoms with E-state index >= 15 is 0 Å². The van der Waals surface area contributed by atoms with E-state index < -0.39 is 0 Å². The number of hydrogen-bond donors (Lipinski definition) is 2. The summed E-state index contributed by atoms with van der Waals surface area (Å²) in [6.45, 7) is 8.75. The molecule has 0 fully saturated rings. The van der Waals surface area contributed by atoms with Crippen LogP contribution in [0.1, 0.15) is 39.2 Å². The van der Waals surface area contributed by atoms with Crippen molar-refractivity contribution in [2.45, 2.75) is 40.2 Å². The fourth-order valence-corrected chi connectivity index (χ4v) is 2.44. The third kappa shape index (κ3) is 7.11. The molecule has 1 aromatic rings. The zero-order valence-corrected chi connectivity index (χ0v) is 16.4. The molecule has 0 spiro atoms. The number of methoxy groups -OCH3 is 3. The molecule has 0 saturated carbocycles. The van der Waals surface area contributed by atoms with Crippen molar-refractivity contribution in [3.8, 4) is 17.2 Å². The van der Waals surface area contributed by atoms with Gasteiger partial charge in [-0.2, -0.15) is 0 Å². The third-order valence-corrected chi connectivity index (χ3v) is 3.79. The van der Waals surface area contributed by atoms with E-state index in [9.17, 15) is 0 Å². The lowest BCUT2D eigenvalue weighted by molar-refractivity contribution is 0.347. The third-order valence-electron chi connectivity index (χ3n) is 3.79. The first-order valence-electron chi connectivity index (χ1n) is 8.86. The number of hydrogen-bond acceptors (Lipinski definition) is 4. The molecule has 0 bridgehead atoms. The monoisotopic (exact) mass is 351 g/mol. The number of benzene rings is 1. The van der Waals surface area contributed by atoms with E-state index in [-0.39, 0.29) is 0 Å². The van der Waals surface area contributed by atoms with Gasteiger partial charge in [-0.05, 0) is 31.7 Å². The van der Waals surface area contributed by atoms with Crippen molar-refractivity contribution < 1.29 is 14.2 Å². The number of nitrogens with zero attached hydrogens (tertiary/aromatic N) is 1. The Hall–Kier alpha value is -2.11. The largest absolute Gasteiger partial charge is 0.496 e. The van der Waals surface area contributed by atoms with E-state index in [0.717, 1.165) is 42.7 Å². The zero-order chi connectivity index (χ0) is 18.7. The molecule has 0 amide bonds. The van der Waals surface area contributed by atoms with Crippen molar-refractivity contribution in [3.63, 3.8) is 0 Å². The van der Waals surface area contributed by atoms with Crippen molar-refractivity contribution in [1.82, 2.24) is 10.6 Å². The first kappa shape index (κ1) is 20.9. The van der Waals surface area contributed by atoms with Gasteiger partial charge in [-0.3, -0.25) is 0 Å². The van der Waals surface area contributed by atoms with Crippen LogP contribution in [-0.4, -0.2) is 40.4 Å². The van der Waals surface area contributed by atoms with Gasteiger partial charge in [0.15, 0.2) is 17.5 Å². The Kier molecular flexibility index (Phi) is 9.58. The Labute approximate surface area is 152 Å². The fourth-order valence-electron chi connectivity index (χ4n) is 2.44. The van der Waals surface area contributed by atoms with Crippen LogP contribution in [0.4, 0.5) is 0 Å². The molecule has 0 aliphatic heterocycles. The SMILES string of the molecule is CCNC(=NCc1cc(OC)c(OC)cc1OC)NCCCC(C)C. The van der Waals surface area contributed by atoms with Crippen LogP contribution in [0.25, 0.3) is 0 Å². The van der Waals surface area contributed by atoms with Crippen LogP contribution in [0.5, 0.6) is 17.2 Å². The second-order valence-electron chi connectivity index (χ2n) is 6.18. The first-order chi connectivity index (χ1) is 12.0. The smallest absolute Gasteiger partial charge is 0.191 e. The number of aliphatic imine (C=N–C) groups is 1. The molecule has 0 aliphatic rings. The molecule has 0 aromatic heterocycles. The molecule has 1 aromatic carbocycles. The van der Waals surface area contributed by atoms with Crippen molar-refractivity contribution in [1.29, 1.82) is 0 Å². The van der Waals surface area contributed by atoms with Crippen LogP contribution in [0.15, 0.2) is 17.1 Å². The van der Waals surface area contributed by atoms with Crippen LogP contribution >= 0.6 is 0 Å². The van der Waals surface area contributed by atoms with Crippen molar-refractivity contribution in [2.24, 2.45) is 10.9 Å². The lowest BCUT2D eigenvalue weighted by Crippen LogP contribution is -2.37. The summed E-state index contributed by atoms with van der Waals surface area (Å²) in [5, 5.41) is 6.65. The highest BCUT2D eigenvalue weighted by Crippen LogP contribution is 2.34. The molecule has 0 unspecified atom stereocenters. The predicted octanol–water partition coefficient (Wildman–Crippen LogP) is 3.20. The van der Waals surface area contributed by atoms with Gasteiger partial charge in [0, 0.05) is 24.7 Å². The minimum Gasteiger partial charge on any atom is -0.496 e. The summed E-state index contributed by atoms with van der Waals surface area (Å²) in [6.07, 6.45) is 2.33. The summed E-state index contributed by atoms with van der Waals surface area (Å²) in [6, 6.07) is 3.73. The average molecular weight is 351 g/mol. The van der Waals surface area contributed by atoms with Crippen molar-refractivity contribution in [3.05, 3.63) is 17.7 Å². The van der Waals surface area contributed by atoms with E-state index in [4.69, 9.17) is 14.2 Å². The number of ether oxygens (including phenoxy) is 3. The molecule has 0 atom stereocenters. The maximum absolute atomic E-state index is 5.46. The van der Waals surface area contributed by atoms with E-state index in [1.807, 2.05) is 12.1 Å². The van der Waals surface area contributed by atoms with E-state index in [1.54, 1.807) is 21.3 Å². The Morgan fingerprint density at radius 2 is 1.64 bits per heavy atom. The molecule has 0 saturated heterocycles. The van der Waals surface area contributed by atoms with Gasteiger partial charge < -0.3 is 24.8 Å². The second kappa shape index (κ2) is 11.4. The Balaban J connectivity index is 2.83. The average Bonchev–Trinajstić information content (AvgIpc) is 2.61. The molecule has 25 heavy (non-hydrogen) atoms. The molecule has 0 heterocycles. The summed E-state index contributed by atoms with van der Waals surface area (Å²) < 4.78 is 16.1. The molecule has 0 radical (unpaired) electrons. The van der Waals surface area contributed by atoms with Crippen LogP contribution < -0.4 is 24.8 Å². The Morgan fingerprint density at radius 3 is 2.20 bits per heavy atom. The van der Waals surface area contributed by atoms with E-state index in [2.05, 4.69) is 36.4 Å². The normalized spacial score (nSPS) is 11.4. The quantitative estimate of drug-likeness (QED) is 0.385. The Morgan fingerprint density at radius 1 is 1.00 bits per heavy atom. The number of nitrogens with one attached hydrogen (secondary N) is 2. The second-order valence-corrected chi connectivity index (χ2v) is 6.18. The van der Waals surface area contributed by atoms with Crippen LogP contribution in [0, 0.1) is 5.92 Å². The van der Waals surface area contributed by atoms with Crippen LogP contribution in [-0.2, 0) is 6.54 Å². The minimum atomic E-state index is 0.489. The zero-order valence-electron chi connectivity index (χ0n) is 16.4. The highest BCUT2D eigenvalue weighted by Gasteiger charge is 2.11. The summed E-state index contributed by atoms with van der Waals surface area (Å²) in [7, 11) is 4.88. The van der Waals surface area contributed by atoms with Gasteiger partial charge in [-0.15, -0.1) is 0 Å². The lowest BCUT2D eigenvalue weighted by atomic mass is 10.1. The Bertz CT molecular complexity index is 545. The maximum Gasteiger partial charge on any atom is 0.191 e. The maximum atomic E-state index is 5.46. The molecule has 6 nitrogen and oxygen atoms in total. The summed E-state index contributed by atoms with van der Waals surface area (Å²) in [5.41, 5.74) is 0.944. The molecular weight excluding hydrogens is 318 g/mol. The summed E-state index contributed by atoms with van der Waals surface area (Å²) in [4.78, 5) is 4.66.